The second-order valence-electron chi connectivity index (χ2n) is 9.96. The maximum absolute atomic E-state index is 14.1. The van der Waals surface area contributed by atoms with Crippen LogP contribution in [0.1, 0.15) is 42.1 Å². The van der Waals surface area contributed by atoms with Gasteiger partial charge in [0, 0.05) is 38.2 Å². The van der Waals surface area contributed by atoms with Gasteiger partial charge in [-0.25, -0.2) is 9.37 Å². The van der Waals surface area contributed by atoms with Crippen molar-refractivity contribution in [2.45, 2.75) is 52.4 Å². The number of unbranched alkanes of at least 4 members (excludes halogenated alkanes) is 1. The van der Waals surface area contributed by atoms with Crippen molar-refractivity contribution in [3.05, 3.63) is 95.1 Å². The normalized spacial score (nSPS) is 13.7. The zero-order valence-corrected chi connectivity index (χ0v) is 21.7. The van der Waals surface area contributed by atoms with E-state index in [4.69, 9.17) is 19.2 Å². The number of fused-ring (bicyclic) bond motifs is 2. The molecule has 0 unspecified atom stereocenters. The van der Waals surface area contributed by atoms with Crippen LogP contribution in [0.5, 0.6) is 17.2 Å². The van der Waals surface area contributed by atoms with Gasteiger partial charge in [0.25, 0.3) is 0 Å². The summed E-state index contributed by atoms with van der Waals surface area (Å²) in [6.07, 6.45) is 4.99. The lowest BCUT2D eigenvalue weighted by atomic mass is 10.1. The highest BCUT2D eigenvalue weighted by Gasteiger charge is 2.19. The SMILES string of the molecule is CCCCn1c(CN(Cc2ccc3c(c2)CCO3)Cc2ccc3c(c2)OCO3)cnc1-c1cccc(F)c1. The van der Waals surface area contributed by atoms with Crippen molar-refractivity contribution >= 4 is 0 Å². The van der Waals surface area contributed by atoms with Gasteiger partial charge in [-0.05, 0) is 53.4 Å². The Balaban J connectivity index is 1.31. The Kier molecular flexibility index (Phi) is 7.01. The van der Waals surface area contributed by atoms with E-state index in [1.165, 1.54) is 17.2 Å². The van der Waals surface area contributed by atoms with Crippen molar-refractivity contribution in [1.29, 1.82) is 0 Å². The molecule has 0 saturated carbocycles. The first-order valence-electron chi connectivity index (χ1n) is 13.3. The van der Waals surface area contributed by atoms with E-state index in [0.29, 0.717) is 6.54 Å². The van der Waals surface area contributed by atoms with E-state index in [9.17, 15) is 4.39 Å². The molecule has 0 N–H and O–H groups in total. The summed E-state index contributed by atoms with van der Waals surface area (Å²) in [6.45, 7) is 6.24. The molecule has 0 atom stereocenters. The fraction of sp³-hybridized carbons (Fsp3) is 0.323. The lowest BCUT2D eigenvalue weighted by molar-refractivity contribution is 0.174. The molecule has 0 bridgehead atoms. The molecular weight excluding hydrogens is 481 g/mol. The predicted molar refractivity (Wildman–Crippen MR) is 144 cm³/mol. The van der Waals surface area contributed by atoms with Crippen molar-refractivity contribution in [2.75, 3.05) is 13.4 Å². The highest BCUT2D eigenvalue weighted by Crippen LogP contribution is 2.33. The smallest absolute Gasteiger partial charge is 0.231 e. The van der Waals surface area contributed by atoms with Crippen molar-refractivity contribution in [3.63, 3.8) is 0 Å². The summed E-state index contributed by atoms with van der Waals surface area (Å²) in [7, 11) is 0. The number of benzene rings is 3. The van der Waals surface area contributed by atoms with Crippen molar-refractivity contribution in [3.8, 4) is 28.6 Å². The highest BCUT2D eigenvalue weighted by atomic mass is 19.1. The third-order valence-electron chi connectivity index (χ3n) is 7.15. The third kappa shape index (κ3) is 5.24. The molecule has 0 saturated heterocycles. The van der Waals surface area contributed by atoms with Crippen LogP contribution in [0.3, 0.4) is 0 Å². The summed E-state index contributed by atoms with van der Waals surface area (Å²) in [5.74, 6) is 3.13. The van der Waals surface area contributed by atoms with Gasteiger partial charge in [-0.3, -0.25) is 4.90 Å². The van der Waals surface area contributed by atoms with E-state index in [0.717, 1.165) is 85.4 Å². The quantitative estimate of drug-likeness (QED) is 0.247. The van der Waals surface area contributed by atoms with Gasteiger partial charge < -0.3 is 18.8 Å². The molecule has 0 radical (unpaired) electrons. The van der Waals surface area contributed by atoms with E-state index < -0.39 is 0 Å². The molecule has 3 heterocycles. The van der Waals surface area contributed by atoms with Crippen LogP contribution < -0.4 is 14.2 Å². The number of rotatable bonds is 10. The number of hydrogen-bond acceptors (Lipinski definition) is 5. The highest BCUT2D eigenvalue weighted by molar-refractivity contribution is 5.56. The molecule has 6 rings (SSSR count). The Morgan fingerprint density at radius 2 is 1.71 bits per heavy atom. The summed E-state index contributed by atoms with van der Waals surface area (Å²) < 4.78 is 33.2. The monoisotopic (exact) mass is 513 g/mol. The van der Waals surface area contributed by atoms with E-state index >= 15 is 0 Å². The molecule has 0 amide bonds. The maximum atomic E-state index is 14.1. The standard InChI is InChI=1S/C31H32FN3O3/c1-2-3-12-35-27(17-33-31(35)25-5-4-6-26(32)16-25)20-34(18-22-7-9-28-24(14-22)11-13-36-28)19-23-8-10-29-30(15-23)38-21-37-29/h4-10,14-17H,2-3,11-13,18-21H2,1H3. The first-order chi connectivity index (χ1) is 18.7. The average Bonchev–Trinajstić information content (AvgIpc) is 3.67. The fourth-order valence-corrected chi connectivity index (χ4v) is 5.25. The Morgan fingerprint density at radius 1 is 0.895 bits per heavy atom. The minimum Gasteiger partial charge on any atom is -0.493 e. The largest absolute Gasteiger partial charge is 0.493 e. The zero-order chi connectivity index (χ0) is 25.9. The van der Waals surface area contributed by atoms with E-state index in [1.807, 2.05) is 18.3 Å². The molecule has 4 aromatic rings. The van der Waals surface area contributed by atoms with Gasteiger partial charge in [0.05, 0.1) is 18.5 Å². The Morgan fingerprint density at radius 3 is 2.55 bits per heavy atom. The molecular formula is C31H32FN3O3. The molecule has 196 valence electrons. The van der Waals surface area contributed by atoms with Crippen LogP contribution in [0.2, 0.25) is 0 Å². The van der Waals surface area contributed by atoms with Gasteiger partial charge >= 0.3 is 0 Å². The number of hydrogen-bond donors (Lipinski definition) is 0. The summed E-state index contributed by atoms with van der Waals surface area (Å²) >= 11 is 0. The lowest BCUT2D eigenvalue weighted by Crippen LogP contribution is -2.24. The second kappa shape index (κ2) is 10.9. The molecule has 1 aromatic heterocycles. The van der Waals surface area contributed by atoms with Crippen molar-refractivity contribution in [2.24, 2.45) is 0 Å². The molecule has 6 nitrogen and oxygen atoms in total. The number of nitrogens with zero attached hydrogens (tertiary/aromatic N) is 3. The molecule has 3 aromatic carbocycles. The average molecular weight is 514 g/mol. The first-order valence-corrected chi connectivity index (χ1v) is 13.3. The van der Waals surface area contributed by atoms with Crippen molar-refractivity contribution < 1.29 is 18.6 Å². The van der Waals surface area contributed by atoms with Crippen LogP contribution in [0, 0.1) is 5.82 Å². The van der Waals surface area contributed by atoms with Gasteiger partial charge in [0.15, 0.2) is 11.5 Å². The van der Waals surface area contributed by atoms with Crippen LogP contribution in [0.4, 0.5) is 4.39 Å². The van der Waals surface area contributed by atoms with E-state index in [2.05, 4.69) is 46.7 Å². The Labute approximate surface area is 222 Å². The van der Waals surface area contributed by atoms with Crippen LogP contribution in [0.25, 0.3) is 11.4 Å². The van der Waals surface area contributed by atoms with Crippen LogP contribution in [-0.2, 0) is 32.6 Å². The van der Waals surface area contributed by atoms with Crippen molar-refractivity contribution in [1.82, 2.24) is 14.5 Å². The van der Waals surface area contributed by atoms with Gasteiger partial charge in [-0.1, -0.05) is 43.7 Å². The molecule has 0 fully saturated rings. The molecule has 0 aliphatic carbocycles. The van der Waals surface area contributed by atoms with Gasteiger partial charge in [0.2, 0.25) is 6.79 Å². The number of aromatic nitrogens is 2. The molecule has 38 heavy (non-hydrogen) atoms. The topological polar surface area (TPSA) is 48.8 Å². The summed E-state index contributed by atoms with van der Waals surface area (Å²) in [5, 5.41) is 0. The lowest BCUT2D eigenvalue weighted by Gasteiger charge is -2.24. The predicted octanol–water partition coefficient (Wildman–Crippen LogP) is 6.36. The maximum Gasteiger partial charge on any atom is 0.231 e. The van der Waals surface area contributed by atoms with Gasteiger partial charge in [-0.2, -0.15) is 0 Å². The zero-order valence-electron chi connectivity index (χ0n) is 21.7. The van der Waals surface area contributed by atoms with E-state index in [-0.39, 0.29) is 12.6 Å². The third-order valence-corrected chi connectivity index (χ3v) is 7.15. The minimum absolute atomic E-state index is 0.251. The van der Waals surface area contributed by atoms with E-state index in [1.54, 1.807) is 12.1 Å². The fourth-order valence-electron chi connectivity index (χ4n) is 5.25. The summed E-state index contributed by atoms with van der Waals surface area (Å²) in [5.41, 5.74) is 5.59. The first kappa shape index (κ1) is 24.5. The Bertz CT molecular complexity index is 1370. The van der Waals surface area contributed by atoms with Gasteiger partial charge in [0.1, 0.15) is 17.4 Å². The number of ether oxygens (including phenoxy) is 3. The Hall–Kier alpha value is -3.84. The van der Waals surface area contributed by atoms with Gasteiger partial charge in [-0.15, -0.1) is 0 Å². The molecule has 7 heteroatoms. The number of imidazole rings is 1. The second-order valence-corrected chi connectivity index (χ2v) is 9.96. The minimum atomic E-state index is -0.251. The van der Waals surface area contributed by atoms with Crippen LogP contribution >= 0.6 is 0 Å². The summed E-state index contributed by atoms with van der Waals surface area (Å²) in [6, 6.07) is 19.4. The van der Waals surface area contributed by atoms with Crippen LogP contribution in [0.15, 0.2) is 66.9 Å². The molecule has 2 aliphatic rings. The molecule has 0 spiro atoms. The molecule has 2 aliphatic heterocycles. The summed E-state index contributed by atoms with van der Waals surface area (Å²) in [4.78, 5) is 7.18. The van der Waals surface area contributed by atoms with Crippen LogP contribution in [-0.4, -0.2) is 27.9 Å². The number of halogens is 1.